The molecule has 92 valence electrons. The van der Waals surface area contributed by atoms with Gasteiger partial charge in [-0.25, -0.2) is 0 Å². The van der Waals surface area contributed by atoms with Gasteiger partial charge in [0.05, 0.1) is 21.8 Å². The number of rotatable bonds is 4. The molecular weight excluding hydrogens is 297 g/mol. The second-order valence-electron chi connectivity index (χ2n) is 3.39. The van der Waals surface area contributed by atoms with Crippen LogP contribution in [0.4, 0.5) is 0 Å². The molecule has 0 aliphatic carbocycles. The van der Waals surface area contributed by atoms with Crippen molar-refractivity contribution in [3.05, 3.63) is 36.6 Å². The topological polar surface area (TPSA) is 21.3 Å². The molecule has 0 amide bonds. The molecule has 0 aromatic carbocycles. The van der Waals surface area contributed by atoms with E-state index in [-0.39, 0.29) is 6.04 Å². The van der Waals surface area contributed by atoms with Gasteiger partial charge in [0.2, 0.25) is 0 Å². The van der Waals surface area contributed by atoms with E-state index in [1.165, 1.54) is 11.3 Å². The van der Waals surface area contributed by atoms with Crippen LogP contribution in [0.1, 0.15) is 16.5 Å². The van der Waals surface area contributed by atoms with Gasteiger partial charge in [-0.05, 0) is 19.2 Å². The maximum absolute atomic E-state index is 6.18. The van der Waals surface area contributed by atoms with Crippen molar-refractivity contribution >= 4 is 45.9 Å². The first-order valence-electron chi connectivity index (χ1n) is 4.90. The van der Waals surface area contributed by atoms with Gasteiger partial charge in [0.1, 0.15) is 5.75 Å². The van der Waals surface area contributed by atoms with Crippen LogP contribution in [-0.2, 0) is 0 Å². The summed E-state index contributed by atoms with van der Waals surface area (Å²) in [5, 5.41) is 5.22. The van der Waals surface area contributed by atoms with Crippen molar-refractivity contribution in [2.75, 3.05) is 14.2 Å². The van der Waals surface area contributed by atoms with E-state index in [9.17, 15) is 0 Å². The zero-order chi connectivity index (χ0) is 12.4. The fourth-order valence-electron chi connectivity index (χ4n) is 1.59. The first-order chi connectivity index (χ1) is 8.15. The third-order valence-corrected chi connectivity index (χ3v) is 4.89. The summed E-state index contributed by atoms with van der Waals surface area (Å²) in [6, 6.07) is 3.97. The van der Waals surface area contributed by atoms with Gasteiger partial charge in [0, 0.05) is 15.8 Å². The SMILES string of the molecule is CNC(c1cc(OC)cs1)c1cc(Cl)sc1Cl. The van der Waals surface area contributed by atoms with Gasteiger partial charge in [0.15, 0.2) is 0 Å². The van der Waals surface area contributed by atoms with E-state index < -0.39 is 0 Å². The molecule has 0 saturated carbocycles. The molecule has 2 nitrogen and oxygen atoms in total. The first kappa shape index (κ1) is 13.2. The van der Waals surface area contributed by atoms with Crippen molar-refractivity contribution in [1.29, 1.82) is 0 Å². The van der Waals surface area contributed by atoms with E-state index in [0.29, 0.717) is 4.34 Å². The number of nitrogens with one attached hydrogen (secondary N) is 1. The van der Waals surface area contributed by atoms with Gasteiger partial charge in [-0.2, -0.15) is 0 Å². The molecule has 17 heavy (non-hydrogen) atoms. The fraction of sp³-hybridized carbons (Fsp3) is 0.273. The Morgan fingerprint density at radius 2 is 2.12 bits per heavy atom. The van der Waals surface area contributed by atoms with Crippen LogP contribution in [0.25, 0.3) is 0 Å². The van der Waals surface area contributed by atoms with Crippen LogP contribution in [0, 0.1) is 0 Å². The lowest BCUT2D eigenvalue weighted by molar-refractivity contribution is 0.416. The Hall–Kier alpha value is -0.260. The highest BCUT2D eigenvalue weighted by molar-refractivity contribution is 7.20. The van der Waals surface area contributed by atoms with E-state index in [1.54, 1.807) is 18.4 Å². The Labute approximate surface area is 118 Å². The van der Waals surface area contributed by atoms with E-state index in [1.807, 2.05) is 24.6 Å². The van der Waals surface area contributed by atoms with Gasteiger partial charge in [-0.15, -0.1) is 22.7 Å². The smallest absolute Gasteiger partial charge is 0.129 e. The summed E-state index contributed by atoms with van der Waals surface area (Å²) in [7, 11) is 3.56. The molecular formula is C11H11Cl2NOS2. The molecule has 2 aromatic rings. The van der Waals surface area contributed by atoms with Crippen LogP contribution in [0.5, 0.6) is 5.75 Å². The number of methoxy groups -OCH3 is 1. The van der Waals surface area contributed by atoms with Crippen LogP contribution in [-0.4, -0.2) is 14.2 Å². The lowest BCUT2D eigenvalue weighted by Gasteiger charge is -2.13. The lowest BCUT2D eigenvalue weighted by Crippen LogP contribution is -2.16. The molecule has 0 spiro atoms. The summed E-state index contributed by atoms with van der Waals surface area (Å²) < 4.78 is 6.61. The van der Waals surface area contributed by atoms with Gasteiger partial charge in [-0.1, -0.05) is 23.2 Å². The van der Waals surface area contributed by atoms with Crippen molar-refractivity contribution in [2.24, 2.45) is 0 Å². The molecule has 0 radical (unpaired) electrons. The number of hydrogen-bond acceptors (Lipinski definition) is 4. The predicted molar refractivity (Wildman–Crippen MR) is 76.1 cm³/mol. The summed E-state index contributed by atoms with van der Waals surface area (Å²) in [5.74, 6) is 0.864. The standard InChI is InChI=1S/C11H11Cl2NOS2/c1-14-10(7-4-9(12)17-11(7)13)8-3-6(15-2)5-16-8/h3-5,10,14H,1-2H3. The fourth-order valence-corrected chi connectivity index (χ4v) is 4.11. The molecule has 2 rings (SSSR count). The molecule has 0 bridgehead atoms. The van der Waals surface area contributed by atoms with Gasteiger partial charge < -0.3 is 10.1 Å². The van der Waals surface area contributed by atoms with Crippen molar-refractivity contribution in [3.8, 4) is 5.75 Å². The molecule has 1 atom stereocenters. The molecule has 0 fully saturated rings. The number of ether oxygens (including phenoxy) is 1. The number of hydrogen-bond donors (Lipinski definition) is 1. The largest absolute Gasteiger partial charge is 0.496 e. The lowest BCUT2D eigenvalue weighted by atomic mass is 10.1. The van der Waals surface area contributed by atoms with Gasteiger partial charge >= 0.3 is 0 Å². The minimum Gasteiger partial charge on any atom is -0.496 e. The van der Waals surface area contributed by atoms with Crippen molar-refractivity contribution in [1.82, 2.24) is 5.32 Å². The third kappa shape index (κ3) is 2.77. The molecule has 1 unspecified atom stereocenters. The number of thiophene rings is 2. The first-order valence-corrected chi connectivity index (χ1v) is 7.35. The van der Waals surface area contributed by atoms with Crippen LogP contribution in [0.3, 0.4) is 0 Å². The molecule has 0 saturated heterocycles. The van der Waals surface area contributed by atoms with Crippen LogP contribution < -0.4 is 10.1 Å². The monoisotopic (exact) mass is 307 g/mol. The Morgan fingerprint density at radius 1 is 1.35 bits per heavy atom. The third-order valence-electron chi connectivity index (χ3n) is 2.40. The molecule has 0 aliphatic heterocycles. The average molecular weight is 308 g/mol. The summed E-state index contributed by atoms with van der Waals surface area (Å²) in [6.07, 6.45) is 0. The maximum Gasteiger partial charge on any atom is 0.129 e. The molecule has 1 N–H and O–H groups in total. The molecule has 2 heterocycles. The second kappa shape index (κ2) is 5.59. The van der Waals surface area contributed by atoms with Crippen LogP contribution >= 0.6 is 45.9 Å². The zero-order valence-electron chi connectivity index (χ0n) is 9.29. The Balaban J connectivity index is 2.36. The van der Waals surface area contributed by atoms with Crippen molar-refractivity contribution in [3.63, 3.8) is 0 Å². The van der Waals surface area contributed by atoms with E-state index >= 15 is 0 Å². The highest BCUT2D eigenvalue weighted by Gasteiger charge is 2.19. The maximum atomic E-state index is 6.18. The minimum atomic E-state index is 0.0557. The predicted octanol–water partition coefficient (Wildman–Crippen LogP) is 4.43. The Bertz CT molecular complexity index is 509. The van der Waals surface area contributed by atoms with Crippen LogP contribution in [0.2, 0.25) is 8.67 Å². The Kier molecular flexibility index (Phi) is 4.33. The number of halogens is 2. The van der Waals surface area contributed by atoms with E-state index in [4.69, 9.17) is 27.9 Å². The van der Waals surface area contributed by atoms with Crippen molar-refractivity contribution in [2.45, 2.75) is 6.04 Å². The summed E-state index contributed by atoms with van der Waals surface area (Å²) >= 11 is 15.2. The summed E-state index contributed by atoms with van der Waals surface area (Å²) in [4.78, 5) is 1.15. The summed E-state index contributed by atoms with van der Waals surface area (Å²) in [5.41, 5.74) is 1.01. The Morgan fingerprint density at radius 3 is 2.59 bits per heavy atom. The van der Waals surface area contributed by atoms with E-state index in [0.717, 1.165) is 20.5 Å². The molecule has 6 heteroatoms. The van der Waals surface area contributed by atoms with Crippen LogP contribution in [0.15, 0.2) is 17.5 Å². The van der Waals surface area contributed by atoms with Crippen molar-refractivity contribution < 1.29 is 4.74 Å². The van der Waals surface area contributed by atoms with E-state index in [2.05, 4.69) is 5.32 Å². The average Bonchev–Trinajstić information content (AvgIpc) is 2.88. The zero-order valence-corrected chi connectivity index (χ0v) is 12.4. The van der Waals surface area contributed by atoms with Gasteiger partial charge in [-0.3, -0.25) is 0 Å². The highest BCUT2D eigenvalue weighted by Crippen LogP contribution is 2.39. The summed E-state index contributed by atoms with van der Waals surface area (Å²) in [6.45, 7) is 0. The normalized spacial score (nSPS) is 12.7. The molecule has 0 aliphatic rings. The quantitative estimate of drug-likeness (QED) is 0.902. The van der Waals surface area contributed by atoms with Gasteiger partial charge in [0.25, 0.3) is 0 Å². The molecule has 2 aromatic heterocycles. The second-order valence-corrected chi connectivity index (χ2v) is 6.62. The highest BCUT2D eigenvalue weighted by atomic mass is 35.5. The minimum absolute atomic E-state index is 0.0557.